The average molecular weight is 382 g/mol. The van der Waals surface area contributed by atoms with Gasteiger partial charge in [0.2, 0.25) is 0 Å². The fourth-order valence-corrected chi connectivity index (χ4v) is 3.93. The highest BCUT2D eigenvalue weighted by molar-refractivity contribution is 6.00. The van der Waals surface area contributed by atoms with Gasteiger partial charge in [0, 0.05) is 6.08 Å². The predicted octanol–water partition coefficient (Wildman–Crippen LogP) is 5.79. The van der Waals surface area contributed by atoms with Crippen LogP contribution in [0.25, 0.3) is 17.2 Å². The Morgan fingerprint density at radius 2 is 1.52 bits per heavy atom. The van der Waals surface area contributed by atoms with E-state index in [1.54, 1.807) is 18.2 Å². The zero-order valence-corrected chi connectivity index (χ0v) is 16.0. The number of benzene rings is 3. The van der Waals surface area contributed by atoms with Gasteiger partial charge in [-0.25, -0.2) is 4.79 Å². The van der Waals surface area contributed by atoms with Crippen molar-refractivity contribution in [3.63, 3.8) is 0 Å². The number of allylic oxidation sites excluding steroid dienone is 1. The first kappa shape index (κ1) is 18.8. The number of carboxylic acids is 1. The molecule has 0 fully saturated rings. The Kier molecular flexibility index (Phi) is 5.30. The average Bonchev–Trinajstić information content (AvgIpc) is 2.93. The highest BCUT2D eigenvalue weighted by Gasteiger charge is 2.19. The molecular weight excluding hydrogens is 360 g/mol. The fraction of sp³-hybridized carbons (Fsp3) is 0.115. The predicted molar refractivity (Wildman–Crippen MR) is 117 cm³/mol. The second-order valence-corrected chi connectivity index (χ2v) is 7.20. The molecule has 3 nitrogen and oxygen atoms in total. The number of carbonyl (C=O) groups is 1. The van der Waals surface area contributed by atoms with Crippen molar-refractivity contribution in [1.82, 2.24) is 0 Å². The van der Waals surface area contributed by atoms with Crippen LogP contribution in [-0.2, 0) is 11.2 Å². The molecule has 0 unspecified atom stereocenters. The normalized spacial score (nSPS) is 13.9. The van der Waals surface area contributed by atoms with Gasteiger partial charge in [-0.15, -0.1) is 0 Å². The number of aryl methyl sites for hydroxylation is 1. The van der Waals surface area contributed by atoms with Crippen LogP contribution in [0.2, 0.25) is 0 Å². The zero-order chi connectivity index (χ0) is 20.2. The molecule has 3 heteroatoms. The molecule has 1 aliphatic rings. The third-order valence-corrected chi connectivity index (χ3v) is 5.29. The summed E-state index contributed by atoms with van der Waals surface area (Å²) in [7, 11) is 0. The van der Waals surface area contributed by atoms with Gasteiger partial charge in [0.15, 0.2) is 0 Å². The van der Waals surface area contributed by atoms with E-state index >= 15 is 0 Å². The number of phenols is 1. The summed E-state index contributed by atoms with van der Waals surface area (Å²) >= 11 is 0. The number of hydrogen-bond donors (Lipinski definition) is 2. The summed E-state index contributed by atoms with van der Waals surface area (Å²) in [5.74, 6) is -0.691. The minimum absolute atomic E-state index is 0.263. The summed E-state index contributed by atoms with van der Waals surface area (Å²) in [6.45, 7) is 0. The molecule has 0 heterocycles. The number of phenolic OH excluding ortho intramolecular Hbond substituents is 1. The van der Waals surface area contributed by atoms with Gasteiger partial charge >= 0.3 is 5.97 Å². The Balaban J connectivity index is 1.88. The molecular formula is C26H22O3. The van der Waals surface area contributed by atoms with Gasteiger partial charge in [-0.2, -0.15) is 0 Å². The summed E-state index contributed by atoms with van der Waals surface area (Å²) in [6, 6.07) is 23.9. The van der Waals surface area contributed by atoms with Crippen molar-refractivity contribution in [2.45, 2.75) is 19.3 Å². The van der Waals surface area contributed by atoms with Crippen molar-refractivity contribution in [2.75, 3.05) is 0 Å². The number of aromatic hydroxyl groups is 1. The van der Waals surface area contributed by atoms with Gasteiger partial charge in [-0.1, -0.05) is 60.7 Å². The summed E-state index contributed by atoms with van der Waals surface area (Å²) in [5.41, 5.74) is 8.12. The highest BCUT2D eigenvalue weighted by atomic mass is 16.4. The second-order valence-electron chi connectivity index (χ2n) is 7.20. The van der Waals surface area contributed by atoms with Crippen molar-refractivity contribution in [3.05, 3.63) is 107 Å². The smallest absolute Gasteiger partial charge is 0.328 e. The van der Waals surface area contributed by atoms with E-state index in [2.05, 4.69) is 36.4 Å². The van der Waals surface area contributed by atoms with Crippen molar-refractivity contribution in [3.8, 4) is 5.75 Å². The number of rotatable bonds is 4. The Hall–Kier alpha value is -3.59. The van der Waals surface area contributed by atoms with Crippen LogP contribution in [-0.4, -0.2) is 16.2 Å². The van der Waals surface area contributed by atoms with E-state index in [4.69, 9.17) is 5.11 Å². The van der Waals surface area contributed by atoms with Crippen LogP contribution in [0.15, 0.2) is 78.9 Å². The minimum atomic E-state index is -0.955. The Bertz CT molecular complexity index is 1090. The first-order chi connectivity index (χ1) is 14.1. The van der Waals surface area contributed by atoms with Gasteiger partial charge < -0.3 is 10.2 Å². The molecule has 0 saturated heterocycles. The highest BCUT2D eigenvalue weighted by Crippen LogP contribution is 2.40. The van der Waals surface area contributed by atoms with E-state index in [0.29, 0.717) is 0 Å². The van der Waals surface area contributed by atoms with Gasteiger partial charge in [0.1, 0.15) is 5.75 Å². The SMILES string of the molecule is O=C(O)/C=C/c1ccc(C2=C(c3ccc(O)cc3)CCCc3ccccc32)cc1. The van der Waals surface area contributed by atoms with Crippen molar-refractivity contribution in [1.29, 1.82) is 0 Å². The Morgan fingerprint density at radius 3 is 2.24 bits per heavy atom. The van der Waals surface area contributed by atoms with Crippen LogP contribution < -0.4 is 0 Å². The molecule has 0 radical (unpaired) electrons. The molecule has 0 atom stereocenters. The molecule has 3 aromatic carbocycles. The summed E-state index contributed by atoms with van der Waals surface area (Å²) in [6.07, 6.45) is 5.80. The number of carboxylic acid groups (broad SMARTS) is 1. The lowest BCUT2D eigenvalue weighted by atomic mass is 9.87. The number of aliphatic carboxylic acids is 1. The minimum Gasteiger partial charge on any atom is -0.508 e. The van der Waals surface area contributed by atoms with Gasteiger partial charge in [-0.05, 0) is 76.4 Å². The molecule has 3 aromatic rings. The van der Waals surface area contributed by atoms with E-state index in [1.807, 2.05) is 24.3 Å². The van der Waals surface area contributed by atoms with Crippen molar-refractivity contribution in [2.24, 2.45) is 0 Å². The topological polar surface area (TPSA) is 57.5 Å². The third-order valence-electron chi connectivity index (χ3n) is 5.29. The third kappa shape index (κ3) is 4.14. The molecule has 4 rings (SSSR count). The monoisotopic (exact) mass is 382 g/mol. The summed E-state index contributed by atoms with van der Waals surface area (Å²) in [5, 5.41) is 18.5. The molecule has 144 valence electrons. The van der Waals surface area contributed by atoms with Gasteiger partial charge in [0.05, 0.1) is 0 Å². The maximum atomic E-state index is 10.8. The zero-order valence-electron chi connectivity index (χ0n) is 16.0. The van der Waals surface area contributed by atoms with Gasteiger partial charge in [0.25, 0.3) is 0 Å². The van der Waals surface area contributed by atoms with E-state index in [9.17, 15) is 9.90 Å². The molecule has 0 aromatic heterocycles. The standard InChI is InChI=1S/C26H22O3/c27-22-15-13-20(14-16-22)24-7-3-5-19-4-1-2-6-23(19)26(24)21-11-8-18(9-12-21)10-17-25(28)29/h1-2,4,6,8-17,27H,3,5,7H2,(H,28,29)/b17-10+. The molecule has 0 amide bonds. The lowest BCUT2D eigenvalue weighted by Gasteiger charge is -2.17. The number of hydrogen-bond acceptors (Lipinski definition) is 2. The van der Waals surface area contributed by atoms with Gasteiger partial charge in [-0.3, -0.25) is 0 Å². The van der Waals surface area contributed by atoms with Crippen LogP contribution in [0.4, 0.5) is 0 Å². The summed E-state index contributed by atoms with van der Waals surface area (Å²) in [4.78, 5) is 10.8. The lowest BCUT2D eigenvalue weighted by molar-refractivity contribution is -0.131. The van der Waals surface area contributed by atoms with E-state index in [-0.39, 0.29) is 5.75 Å². The summed E-state index contributed by atoms with van der Waals surface area (Å²) < 4.78 is 0. The van der Waals surface area contributed by atoms with Crippen LogP contribution in [0, 0.1) is 0 Å². The molecule has 1 aliphatic carbocycles. The van der Waals surface area contributed by atoms with Crippen LogP contribution in [0.5, 0.6) is 5.75 Å². The maximum Gasteiger partial charge on any atom is 0.328 e. The molecule has 0 saturated carbocycles. The maximum absolute atomic E-state index is 10.8. The molecule has 0 aliphatic heterocycles. The molecule has 29 heavy (non-hydrogen) atoms. The van der Waals surface area contributed by atoms with Crippen LogP contribution in [0.1, 0.15) is 40.7 Å². The Morgan fingerprint density at radius 1 is 0.828 bits per heavy atom. The van der Waals surface area contributed by atoms with E-state index in [0.717, 1.165) is 42.0 Å². The number of fused-ring (bicyclic) bond motifs is 1. The molecule has 0 spiro atoms. The lowest BCUT2D eigenvalue weighted by Crippen LogP contribution is -1.96. The van der Waals surface area contributed by atoms with Crippen molar-refractivity contribution < 1.29 is 15.0 Å². The first-order valence-corrected chi connectivity index (χ1v) is 9.74. The fourth-order valence-electron chi connectivity index (χ4n) is 3.93. The quantitative estimate of drug-likeness (QED) is 0.562. The first-order valence-electron chi connectivity index (χ1n) is 9.74. The molecule has 2 N–H and O–H groups in total. The van der Waals surface area contributed by atoms with E-state index < -0.39 is 5.97 Å². The molecule has 0 bridgehead atoms. The van der Waals surface area contributed by atoms with Crippen LogP contribution >= 0.6 is 0 Å². The van der Waals surface area contributed by atoms with Crippen LogP contribution in [0.3, 0.4) is 0 Å². The largest absolute Gasteiger partial charge is 0.508 e. The Labute approximate surface area is 170 Å². The second kappa shape index (κ2) is 8.19. The van der Waals surface area contributed by atoms with E-state index in [1.165, 1.54) is 22.3 Å². The van der Waals surface area contributed by atoms with Crippen molar-refractivity contribution >= 4 is 23.2 Å².